The molecule has 1 saturated heterocycles. The number of carboxylic acids is 1. The van der Waals surface area contributed by atoms with Crippen LogP contribution in [0.4, 0.5) is 5.82 Å². The second kappa shape index (κ2) is 5.52. The molecule has 2 aromatic rings. The predicted molar refractivity (Wildman–Crippen MR) is 84.9 cm³/mol. The number of anilines is 1. The van der Waals surface area contributed by atoms with Gasteiger partial charge in [0.25, 0.3) is 0 Å². The van der Waals surface area contributed by atoms with Gasteiger partial charge in [0.1, 0.15) is 0 Å². The number of nitrogens with zero attached hydrogens (tertiary/aromatic N) is 3. The molecule has 2 aromatic heterocycles. The first-order valence-corrected chi connectivity index (χ1v) is 8.04. The molecule has 1 fully saturated rings. The van der Waals surface area contributed by atoms with Crippen LogP contribution in [0.25, 0.3) is 11.0 Å². The Labute approximate surface area is 127 Å². The molecule has 1 aliphatic rings. The minimum Gasteiger partial charge on any atom is -0.478 e. The van der Waals surface area contributed by atoms with Gasteiger partial charge in [-0.2, -0.15) is 0 Å². The summed E-state index contributed by atoms with van der Waals surface area (Å²) < 4.78 is 1.96. The van der Waals surface area contributed by atoms with Crippen molar-refractivity contribution >= 4 is 34.2 Å². The summed E-state index contributed by atoms with van der Waals surface area (Å²) in [6.45, 7) is 6.47. The summed E-state index contributed by atoms with van der Waals surface area (Å²) in [4.78, 5) is 18.7. The smallest absolute Gasteiger partial charge is 0.328 e. The van der Waals surface area contributed by atoms with Gasteiger partial charge in [-0.05, 0) is 24.3 Å². The molecule has 0 aromatic carbocycles. The minimum atomic E-state index is -0.938. The van der Waals surface area contributed by atoms with Gasteiger partial charge in [-0.3, -0.25) is 4.40 Å². The summed E-state index contributed by atoms with van der Waals surface area (Å²) in [7, 11) is 0. The number of imidazole rings is 1. The zero-order chi connectivity index (χ0) is 15.0. The first-order valence-electron chi connectivity index (χ1n) is 7.16. The van der Waals surface area contributed by atoms with Crippen LogP contribution >= 0.6 is 11.3 Å². The molecule has 2 unspecified atom stereocenters. The Morgan fingerprint density at radius 3 is 2.81 bits per heavy atom. The largest absolute Gasteiger partial charge is 0.478 e. The van der Waals surface area contributed by atoms with Gasteiger partial charge >= 0.3 is 5.97 Å². The highest BCUT2D eigenvalue weighted by atomic mass is 32.1. The maximum absolute atomic E-state index is 10.8. The van der Waals surface area contributed by atoms with E-state index in [1.165, 1.54) is 12.5 Å². The number of piperidine rings is 1. The monoisotopic (exact) mass is 305 g/mol. The molecule has 2 atom stereocenters. The van der Waals surface area contributed by atoms with E-state index in [2.05, 4.69) is 18.7 Å². The number of hydrogen-bond acceptors (Lipinski definition) is 4. The summed E-state index contributed by atoms with van der Waals surface area (Å²) in [5, 5.41) is 10.9. The summed E-state index contributed by atoms with van der Waals surface area (Å²) in [5.41, 5.74) is 0.856. The van der Waals surface area contributed by atoms with Crippen molar-refractivity contribution in [3.63, 3.8) is 0 Å². The molecule has 21 heavy (non-hydrogen) atoms. The molecule has 0 saturated carbocycles. The zero-order valence-electron chi connectivity index (χ0n) is 12.2. The summed E-state index contributed by atoms with van der Waals surface area (Å²) >= 11 is 1.57. The molecule has 0 aliphatic carbocycles. The zero-order valence-corrected chi connectivity index (χ0v) is 13.0. The Balaban J connectivity index is 2.02. The topological polar surface area (TPSA) is 57.8 Å². The first-order chi connectivity index (χ1) is 10.0. The van der Waals surface area contributed by atoms with Crippen molar-refractivity contribution in [3.05, 3.63) is 23.3 Å². The maximum Gasteiger partial charge on any atom is 0.328 e. The molecule has 6 heteroatoms. The number of thiazole rings is 1. The molecule has 112 valence electrons. The number of hydrogen-bond donors (Lipinski definition) is 1. The Hall–Kier alpha value is -1.82. The van der Waals surface area contributed by atoms with E-state index in [0.717, 1.165) is 29.6 Å². The van der Waals surface area contributed by atoms with Crippen molar-refractivity contribution in [1.29, 1.82) is 0 Å². The molecular formula is C15H19N3O2S. The Morgan fingerprint density at radius 2 is 2.14 bits per heavy atom. The predicted octanol–water partition coefficient (Wildman–Crippen LogP) is 2.98. The van der Waals surface area contributed by atoms with Crippen LogP contribution in [0.15, 0.2) is 17.7 Å². The molecule has 0 amide bonds. The number of rotatable bonds is 3. The van der Waals surface area contributed by atoms with E-state index in [0.29, 0.717) is 11.8 Å². The van der Waals surface area contributed by atoms with Crippen molar-refractivity contribution in [2.24, 2.45) is 11.8 Å². The van der Waals surface area contributed by atoms with Crippen LogP contribution in [0.5, 0.6) is 0 Å². The van der Waals surface area contributed by atoms with Gasteiger partial charge in [0.05, 0.1) is 5.69 Å². The van der Waals surface area contributed by atoms with Gasteiger partial charge in [0, 0.05) is 30.7 Å². The van der Waals surface area contributed by atoms with Gasteiger partial charge in [-0.25, -0.2) is 9.78 Å². The van der Waals surface area contributed by atoms with E-state index in [1.54, 1.807) is 17.4 Å². The van der Waals surface area contributed by atoms with Crippen LogP contribution in [0.3, 0.4) is 0 Å². The Morgan fingerprint density at radius 1 is 1.43 bits per heavy atom. The molecular weight excluding hydrogens is 286 g/mol. The quantitative estimate of drug-likeness (QED) is 0.886. The van der Waals surface area contributed by atoms with Crippen LogP contribution in [-0.2, 0) is 4.79 Å². The number of carboxylic acid groups (broad SMARTS) is 1. The van der Waals surface area contributed by atoms with Crippen LogP contribution in [0, 0.1) is 11.8 Å². The lowest BCUT2D eigenvalue weighted by Crippen LogP contribution is -2.39. The lowest BCUT2D eigenvalue weighted by atomic mass is 9.92. The van der Waals surface area contributed by atoms with Crippen LogP contribution in [0.2, 0.25) is 0 Å². The van der Waals surface area contributed by atoms with Crippen molar-refractivity contribution in [2.45, 2.75) is 20.3 Å². The van der Waals surface area contributed by atoms with E-state index in [4.69, 9.17) is 10.1 Å². The van der Waals surface area contributed by atoms with Gasteiger partial charge < -0.3 is 10.0 Å². The number of carbonyl (C=O) groups is 1. The molecule has 3 rings (SSSR count). The van der Waals surface area contributed by atoms with Crippen LogP contribution < -0.4 is 4.90 Å². The number of aromatic nitrogens is 2. The van der Waals surface area contributed by atoms with Crippen LogP contribution in [-0.4, -0.2) is 33.6 Å². The van der Waals surface area contributed by atoms with Gasteiger partial charge in [0.2, 0.25) is 0 Å². The lowest BCUT2D eigenvalue weighted by molar-refractivity contribution is -0.131. The molecule has 0 radical (unpaired) electrons. The summed E-state index contributed by atoms with van der Waals surface area (Å²) in [6, 6.07) is 0. The average Bonchev–Trinajstić information content (AvgIpc) is 2.95. The number of fused-ring (bicyclic) bond motifs is 1. The van der Waals surface area contributed by atoms with Crippen molar-refractivity contribution < 1.29 is 9.90 Å². The summed E-state index contributed by atoms with van der Waals surface area (Å²) in [6.07, 6.45) is 6.00. The fraction of sp³-hybridized carbons (Fsp3) is 0.467. The fourth-order valence-corrected chi connectivity index (χ4v) is 3.88. The van der Waals surface area contributed by atoms with E-state index in [1.807, 2.05) is 16.0 Å². The summed E-state index contributed by atoms with van der Waals surface area (Å²) in [5.74, 6) is 1.22. The number of aliphatic carboxylic acids is 1. The fourth-order valence-electron chi connectivity index (χ4n) is 3.17. The third-order valence-corrected chi connectivity index (χ3v) is 4.59. The Bertz CT molecular complexity index is 678. The van der Waals surface area contributed by atoms with Crippen molar-refractivity contribution in [2.75, 3.05) is 18.0 Å². The molecule has 1 N–H and O–H groups in total. The molecule has 0 spiro atoms. The minimum absolute atomic E-state index is 0.629. The standard InChI is InChI=1S/C15H19N3O2S/c1-10-7-11(2)9-17(8-10)14-12(3-4-13(19)20)18-5-6-21-15(18)16-14/h3-6,10-11H,7-9H2,1-2H3,(H,19,20)/b4-3+. The first kappa shape index (κ1) is 14.1. The van der Waals surface area contributed by atoms with Crippen molar-refractivity contribution in [3.8, 4) is 0 Å². The third-order valence-electron chi connectivity index (χ3n) is 3.83. The second-order valence-electron chi connectivity index (χ2n) is 5.90. The average molecular weight is 305 g/mol. The second-order valence-corrected chi connectivity index (χ2v) is 6.77. The lowest BCUT2D eigenvalue weighted by Gasteiger charge is -2.35. The van der Waals surface area contributed by atoms with E-state index in [9.17, 15) is 4.79 Å². The SMILES string of the molecule is CC1CC(C)CN(c2nc3sccn3c2/C=C/C(=O)O)C1. The van der Waals surface area contributed by atoms with E-state index in [-0.39, 0.29) is 0 Å². The van der Waals surface area contributed by atoms with E-state index < -0.39 is 5.97 Å². The van der Waals surface area contributed by atoms with Crippen LogP contribution in [0.1, 0.15) is 26.0 Å². The molecule has 0 bridgehead atoms. The molecule has 3 heterocycles. The Kier molecular flexibility index (Phi) is 3.71. The van der Waals surface area contributed by atoms with Gasteiger partial charge in [-0.1, -0.05) is 13.8 Å². The van der Waals surface area contributed by atoms with Gasteiger partial charge in [0.15, 0.2) is 10.8 Å². The van der Waals surface area contributed by atoms with E-state index >= 15 is 0 Å². The molecule has 1 aliphatic heterocycles. The van der Waals surface area contributed by atoms with Crippen molar-refractivity contribution in [1.82, 2.24) is 9.38 Å². The molecule has 5 nitrogen and oxygen atoms in total. The maximum atomic E-state index is 10.8. The van der Waals surface area contributed by atoms with Gasteiger partial charge in [-0.15, -0.1) is 11.3 Å². The highest BCUT2D eigenvalue weighted by molar-refractivity contribution is 7.15. The normalized spacial score (nSPS) is 23.2. The third kappa shape index (κ3) is 2.81. The highest BCUT2D eigenvalue weighted by Crippen LogP contribution is 2.31. The highest BCUT2D eigenvalue weighted by Gasteiger charge is 2.26.